The minimum absolute atomic E-state index is 0.203. The summed E-state index contributed by atoms with van der Waals surface area (Å²) in [6, 6.07) is 25.1. The summed E-state index contributed by atoms with van der Waals surface area (Å²) in [7, 11) is 0. The van der Waals surface area contributed by atoms with Crippen LogP contribution in [0.25, 0.3) is 0 Å². The number of nitrogens with zero attached hydrogens (tertiary/aromatic N) is 3. The molecule has 3 aromatic carbocycles. The SMILES string of the molecule is CCCCSc1nc2n(n1)C(c1ccccc1OCc1ccc(C)cc1)C(C(=O)Nc1ccccc1)=C(C)N2. The van der Waals surface area contributed by atoms with Crippen molar-refractivity contribution in [3.63, 3.8) is 0 Å². The molecule has 1 amide bonds. The highest BCUT2D eigenvalue weighted by Crippen LogP contribution is 2.40. The Balaban J connectivity index is 1.53. The first-order valence-electron chi connectivity index (χ1n) is 13.2. The molecule has 0 saturated carbocycles. The second-order valence-corrected chi connectivity index (χ2v) is 10.6. The molecule has 5 rings (SSSR count). The molecular formula is C31H33N5O2S. The highest BCUT2D eigenvalue weighted by atomic mass is 32.2. The van der Waals surface area contributed by atoms with E-state index in [0.717, 1.165) is 41.1 Å². The second-order valence-electron chi connectivity index (χ2n) is 9.56. The summed E-state index contributed by atoms with van der Waals surface area (Å²) in [6.07, 6.45) is 2.20. The Kier molecular flexibility index (Phi) is 8.32. The monoisotopic (exact) mass is 539 g/mol. The number of aromatic nitrogens is 3. The zero-order valence-electron chi connectivity index (χ0n) is 22.5. The van der Waals surface area contributed by atoms with Crippen molar-refractivity contribution in [1.82, 2.24) is 14.8 Å². The van der Waals surface area contributed by atoms with Crippen LogP contribution in [-0.4, -0.2) is 26.4 Å². The van der Waals surface area contributed by atoms with Gasteiger partial charge in [-0.25, -0.2) is 4.68 Å². The minimum atomic E-state index is -0.521. The molecule has 1 aromatic heterocycles. The van der Waals surface area contributed by atoms with Crippen LogP contribution in [0.15, 0.2) is 95.3 Å². The summed E-state index contributed by atoms with van der Waals surface area (Å²) < 4.78 is 8.17. The molecule has 2 heterocycles. The Morgan fingerprint density at radius 1 is 1.03 bits per heavy atom. The maximum Gasteiger partial charge on any atom is 0.255 e. The lowest BCUT2D eigenvalue weighted by atomic mass is 9.94. The molecular weight excluding hydrogens is 506 g/mol. The zero-order chi connectivity index (χ0) is 27.2. The van der Waals surface area contributed by atoms with Crippen LogP contribution in [0, 0.1) is 6.92 Å². The van der Waals surface area contributed by atoms with Crippen LogP contribution >= 0.6 is 11.8 Å². The molecule has 39 heavy (non-hydrogen) atoms. The van der Waals surface area contributed by atoms with Crippen LogP contribution in [0.2, 0.25) is 0 Å². The molecule has 4 aromatic rings. The Morgan fingerprint density at radius 2 is 1.77 bits per heavy atom. The van der Waals surface area contributed by atoms with Gasteiger partial charge in [-0.05, 0) is 44.0 Å². The highest BCUT2D eigenvalue weighted by Gasteiger charge is 2.36. The fraction of sp³-hybridized carbons (Fsp3) is 0.258. The number of carbonyl (C=O) groups is 1. The van der Waals surface area contributed by atoms with E-state index in [1.165, 1.54) is 5.56 Å². The number of para-hydroxylation sites is 2. The summed E-state index contributed by atoms with van der Waals surface area (Å²) in [5.74, 6) is 2.05. The van der Waals surface area contributed by atoms with Gasteiger partial charge in [0.25, 0.3) is 5.91 Å². The summed E-state index contributed by atoms with van der Waals surface area (Å²) in [4.78, 5) is 18.6. The molecule has 0 aliphatic carbocycles. The van der Waals surface area contributed by atoms with Crippen LogP contribution in [0.1, 0.15) is 49.4 Å². The van der Waals surface area contributed by atoms with Crippen LogP contribution in [0.5, 0.6) is 5.75 Å². The number of rotatable bonds is 10. The first kappa shape index (κ1) is 26.6. The van der Waals surface area contributed by atoms with E-state index in [2.05, 4.69) is 48.7 Å². The average Bonchev–Trinajstić information content (AvgIpc) is 3.35. The third kappa shape index (κ3) is 6.17. The number of amides is 1. The summed E-state index contributed by atoms with van der Waals surface area (Å²) in [5, 5.41) is 11.9. The third-order valence-electron chi connectivity index (χ3n) is 6.57. The number of nitrogens with one attached hydrogen (secondary N) is 2. The van der Waals surface area contributed by atoms with E-state index in [0.29, 0.717) is 29.0 Å². The Labute approximate surface area is 233 Å². The van der Waals surface area contributed by atoms with E-state index in [4.69, 9.17) is 14.8 Å². The van der Waals surface area contributed by atoms with Gasteiger partial charge in [-0.15, -0.1) is 5.10 Å². The number of allylic oxidation sites excluding steroid dienone is 1. The number of unbranched alkanes of at least 4 members (excludes halogenated alkanes) is 1. The Hall–Kier alpha value is -4.04. The van der Waals surface area contributed by atoms with Gasteiger partial charge in [0.2, 0.25) is 11.1 Å². The number of hydrogen-bond donors (Lipinski definition) is 2. The molecule has 0 fully saturated rings. The van der Waals surface area contributed by atoms with Crippen molar-refractivity contribution in [3.05, 3.63) is 107 Å². The summed E-state index contributed by atoms with van der Waals surface area (Å²) in [5.41, 5.74) is 5.14. The molecule has 1 atom stereocenters. The number of hydrogen-bond acceptors (Lipinski definition) is 6. The Bertz CT molecular complexity index is 1460. The fourth-order valence-electron chi connectivity index (χ4n) is 4.49. The van der Waals surface area contributed by atoms with Crippen LogP contribution in [-0.2, 0) is 11.4 Å². The molecule has 0 saturated heterocycles. The van der Waals surface area contributed by atoms with E-state index in [1.807, 2.05) is 66.2 Å². The number of fused-ring (bicyclic) bond motifs is 1. The summed E-state index contributed by atoms with van der Waals surface area (Å²) >= 11 is 1.63. The molecule has 0 spiro atoms. The van der Waals surface area contributed by atoms with E-state index in [-0.39, 0.29) is 5.91 Å². The standard InChI is InChI=1S/C31H33N5O2S/c1-4-5-19-39-31-34-30-32-22(3)27(29(37)33-24-11-7-6-8-12-24)28(36(30)35-31)25-13-9-10-14-26(25)38-20-23-17-15-21(2)16-18-23/h6-18,28H,4-5,19-20H2,1-3H3,(H,33,37)(H,32,34,35). The van der Waals surface area contributed by atoms with Crippen molar-refractivity contribution in [1.29, 1.82) is 0 Å². The van der Waals surface area contributed by atoms with E-state index < -0.39 is 6.04 Å². The van der Waals surface area contributed by atoms with Gasteiger partial charge in [-0.3, -0.25) is 4.79 Å². The van der Waals surface area contributed by atoms with E-state index in [1.54, 1.807) is 11.8 Å². The largest absolute Gasteiger partial charge is 0.489 e. The number of benzene rings is 3. The molecule has 200 valence electrons. The normalized spacial score (nSPS) is 14.5. The number of aryl methyl sites for hydroxylation is 1. The number of ether oxygens (including phenoxy) is 1. The van der Waals surface area contributed by atoms with Gasteiger partial charge in [-0.2, -0.15) is 4.98 Å². The predicted molar refractivity (Wildman–Crippen MR) is 157 cm³/mol. The maximum atomic E-state index is 13.8. The Morgan fingerprint density at radius 3 is 2.54 bits per heavy atom. The molecule has 1 unspecified atom stereocenters. The molecule has 0 bridgehead atoms. The lowest BCUT2D eigenvalue weighted by molar-refractivity contribution is -0.113. The van der Waals surface area contributed by atoms with Gasteiger partial charge in [-0.1, -0.05) is 91.3 Å². The van der Waals surface area contributed by atoms with E-state index in [9.17, 15) is 4.79 Å². The van der Waals surface area contributed by atoms with Crippen molar-refractivity contribution in [2.24, 2.45) is 0 Å². The topological polar surface area (TPSA) is 81.1 Å². The van der Waals surface area contributed by atoms with Crippen molar-refractivity contribution in [2.75, 3.05) is 16.4 Å². The van der Waals surface area contributed by atoms with Gasteiger partial charge in [0.1, 0.15) is 18.4 Å². The zero-order valence-corrected chi connectivity index (χ0v) is 23.3. The molecule has 1 aliphatic heterocycles. The first-order valence-corrected chi connectivity index (χ1v) is 14.2. The van der Waals surface area contributed by atoms with Crippen LogP contribution in [0.3, 0.4) is 0 Å². The smallest absolute Gasteiger partial charge is 0.255 e. The minimum Gasteiger partial charge on any atom is -0.489 e. The molecule has 1 aliphatic rings. The van der Waals surface area contributed by atoms with Crippen LogP contribution < -0.4 is 15.4 Å². The van der Waals surface area contributed by atoms with Gasteiger partial charge in [0.15, 0.2) is 0 Å². The highest BCUT2D eigenvalue weighted by molar-refractivity contribution is 7.99. The van der Waals surface area contributed by atoms with Gasteiger partial charge < -0.3 is 15.4 Å². The van der Waals surface area contributed by atoms with Gasteiger partial charge in [0, 0.05) is 22.7 Å². The molecule has 8 heteroatoms. The molecule has 7 nitrogen and oxygen atoms in total. The molecule has 2 N–H and O–H groups in total. The van der Waals surface area contributed by atoms with Crippen molar-refractivity contribution in [2.45, 2.75) is 51.4 Å². The van der Waals surface area contributed by atoms with Crippen molar-refractivity contribution < 1.29 is 9.53 Å². The number of carbonyl (C=O) groups excluding carboxylic acids is 1. The lowest BCUT2D eigenvalue weighted by Gasteiger charge is -2.29. The van der Waals surface area contributed by atoms with Crippen LogP contribution in [0.4, 0.5) is 11.6 Å². The average molecular weight is 540 g/mol. The van der Waals surface area contributed by atoms with Crippen molar-refractivity contribution in [3.8, 4) is 5.75 Å². The maximum absolute atomic E-state index is 13.8. The number of thioether (sulfide) groups is 1. The fourth-order valence-corrected chi connectivity index (χ4v) is 5.40. The predicted octanol–water partition coefficient (Wildman–Crippen LogP) is 6.99. The van der Waals surface area contributed by atoms with Gasteiger partial charge >= 0.3 is 0 Å². The van der Waals surface area contributed by atoms with Crippen molar-refractivity contribution >= 4 is 29.3 Å². The summed E-state index contributed by atoms with van der Waals surface area (Å²) in [6.45, 7) is 6.56. The second kappa shape index (κ2) is 12.2. The first-order chi connectivity index (χ1) is 19.0. The van der Waals surface area contributed by atoms with Gasteiger partial charge in [0.05, 0.1) is 5.57 Å². The molecule has 0 radical (unpaired) electrons. The quantitative estimate of drug-likeness (QED) is 0.167. The third-order valence-corrected chi connectivity index (χ3v) is 7.49. The van der Waals surface area contributed by atoms with E-state index >= 15 is 0 Å². The number of anilines is 2. The lowest BCUT2D eigenvalue weighted by Crippen LogP contribution is -2.31.